The molecule has 31 heavy (non-hydrogen) atoms. The predicted molar refractivity (Wildman–Crippen MR) is 115 cm³/mol. The van der Waals surface area contributed by atoms with Gasteiger partial charge >= 0.3 is 0 Å². The van der Waals surface area contributed by atoms with Gasteiger partial charge in [0.05, 0.1) is 31.0 Å². The highest BCUT2D eigenvalue weighted by atomic mass is 32.2. The highest BCUT2D eigenvalue weighted by Crippen LogP contribution is 2.31. The van der Waals surface area contributed by atoms with Crippen LogP contribution in [0, 0.1) is 6.92 Å². The van der Waals surface area contributed by atoms with Gasteiger partial charge in [-0.1, -0.05) is 48.0 Å². The second-order valence-corrected chi connectivity index (χ2v) is 9.35. The van der Waals surface area contributed by atoms with Crippen LogP contribution in [0.1, 0.15) is 17.5 Å². The van der Waals surface area contributed by atoms with Gasteiger partial charge < -0.3 is 14.0 Å². The molecular weight excluding hydrogens is 416 g/mol. The Kier molecular flexibility index (Phi) is 6.52. The van der Waals surface area contributed by atoms with Gasteiger partial charge in [0, 0.05) is 18.8 Å². The second kappa shape index (κ2) is 9.32. The van der Waals surface area contributed by atoms with Crippen LogP contribution in [-0.2, 0) is 36.7 Å². The predicted octanol–water partition coefficient (Wildman–Crippen LogP) is 3.34. The first-order valence-corrected chi connectivity index (χ1v) is 11.6. The summed E-state index contributed by atoms with van der Waals surface area (Å²) >= 11 is 0. The summed E-state index contributed by atoms with van der Waals surface area (Å²) in [6.07, 6.45) is 6.17. The third kappa shape index (κ3) is 5.59. The summed E-state index contributed by atoms with van der Waals surface area (Å²) in [6, 6.07) is 16.7. The fourth-order valence-corrected chi connectivity index (χ4v) is 4.50. The average molecular weight is 443 g/mol. The van der Waals surface area contributed by atoms with Crippen molar-refractivity contribution in [3.8, 4) is 0 Å². The normalized spacial score (nSPS) is 21.4. The van der Waals surface area contributed by atoms with E-state index in [2.05, 4.69) is 17.1 Å². The largest absolute Gasteiger partial charge is 0.345 e. The molecule has 7 nitrogen and oxygen atoms in total. The van der Waals surface area contributed by atoms with Crippen molar-refractivity contribution in [1.82, 2.24) is 9.55 Å². The maximum Gasteiger partial charge on any atom is 0.297 e. The second-order valence-electron chi connectivity index (χ2n) is 7.73. The third-order valence-corrected chi connectivity index (χ3v) is 6.55. The van der Waals surface area contributed by atoms with E-state index >= 15 is 0 Å². The molecule has 3 aromatic rings. The molecule has 0 spiro atoms. The summed E-state index contributed by atoms with van der Waals surface area (Å²) in [5, 5.41) is 0. The summed E-state index contributed by atoms with van der Waals surface area (Å²) in [5.74, 6) is -0.877. The maximum atomic E-state index is 12.5. The van der Waals surface area contributed by atoms with Crippen molar-refractivity contribution in [3.05, 3.63) is 84.4 Å². The average Bonchev–Trinajstić information content (AvgIpc) is 3.43. The zero-order valence-corrected chi connectivity index (χ0v) is 18.2. The SMILES string of the molecule is Cc1ccc(S(=O)(=O)OC[C@@H]2CO[C@@](CCc3ccccc3)(Cn3ccnc3)O2)cc1. The molecule has 0 unspecified atom stereocenters. The first kappa shape index (κ1) is 21.7. The fourth-order valence-electron chi connectivity index (χ4n) is 3.57. The van der Waals surface area contributed by atoms with Crippen LogP contribution in [0.5, 0.6) is 0 Å². The highest BCUT2D eigenvalue weighted by Gasteiger charge is 2.42. The standard InChI is InChI=1S/C23H26N2O5S/c1-19-7-9-22(10-8-19)31(26,27)29-16-21-15-28-23(30-21,17-25-14-13-24-18-25)12-11-20-5-3-2-4-6-20/h2-10,13-14,18,21H,11-12,15-17H2,1H3/t21-,23+/m0/s1. The maximum absolute atomic E-state index is 12.5. The van der Waals surface area contributed by atoms with Crippen molar-refractivity contribution in [2.24, 2.45) is 0 Å². The molecule has 0 aliphatic carbocycles. The Balaban J connectivity index is 1.41. The lowest BCUT2D eigenvalue weighted by molar-refractivity contribution is -0.184. The lowest BCUT2D eigenvalue weighted by Gasteiger charge is -2.28. The molecule has 1 saturated heterocycles. The number of aromatic nitrogens is 2. The number of rotatable bonds is 9. The Hall–Kier alpha value is -2.52. The Morgan fingerprint density at radius 3 is 2.65 bits per heavy atom. The van der Waals surface area contributed by atoms with E-state index in [4.69, 9.17) is 13.7 Å². The van der Waals surface area contributed by atoms with Crippen molar-refractivity contribution in [2.75, 3.05) is 13.2 Å². The Morgan fingerprint density at radius 2 is 1.94 bits per heavy atom. The van der Waals surface area contributed by atoms with E-state index in [0.29, 0.717) is 13.0 Å². The number of benzene rings is 2. The zero-order valence-electron chi connectivity index (χ0n) is 17.4. The Morgan fingerprint density at radius 1 is 1.16 bits per heavy atom. The molecule has 2 aromatic carbocycles. The molecular formula is C23H26N2O5S. The van der Waals surface area contributed by atoms with E-state index in [-0.39, 0.29) is 18.1 Å². The lowest BCUT2D eigenvalue weighted by Crippen LogP contribution is -2.37. The van der Waals surface area contributed by atoms with Gasteiger partial charge in [0.2, 0.25) is 0 Å². The van der Waals surface area contributed by atoms with Gasteiger partial charge in [0.1, 0.15) is 6.10 Å². The van der Waals surface area contributed by atoms with Crippen molar-refractivity contribution in [3.63, 3.8) is 0 Å². The molecule has 0 N–H and O–H groups in total. The molecule has 1 aliphatic rings. The van der Waals surface area contributed by atoms with E-state index in [9.17, 15) is 8.42 Å². The number of hydrogen-bond donors (Lipinski definition) is 0. The zero-order chi connectivity index (χ0) is 21.7. The van der Waals surface area contributed by atoms with Gasteiger partial charge in [-0.25, -0.2) is 4.98 Å². The summed E-state index contributed by atoms with van der Waals surface area (Å²) in [5.41, 5.74) is 2.16. The summed E-state index contributed by atoms with van der Waals surface area (Å²) in [4.78, 5) is 4.22. The topological polar surface area (TPSA) is 79.7 Å². The Bertz CT molecular complexity index is 1070. The molecule has 0 amide bonds. The molecule has 4 rings (SSSR count). The number of nitrogens with zero attached hydrogens (tertiary/aromatic N) is 2. The molecule has 164 valence electrons. The van der Waals surface area contributed by atoms with E-state index in [0.717, 1.165) is 12.0 Å². The van der Waals surface area contributed by atoms with Gasteiger partial charge in [0.25, 0.3) is 10.1 Å². The quantitative estimate of drug-likeness (QED) is 0.473. The fraction of sp³-hybridized carbons (Fsp3) is 0.348. The van der Waals surface area contributed by atoms with E-state index in [1.807, 2.05) is 35.9 Å². The van der Waals surface area contributed by atoms with Gasteiger partial charge in [0.15, 0.2) is 5.79 Å². The van der Waals surface area contributed by atoms with Crippen molar-refractivity contribution in [2.45, 2.75) is 43.1 Å². The molecule has 1 aromatic heterocycles. The lowest BCUT2D eigenvalue weighted by atomic mass is 10.0. The molecule has 1 aliphatic heterocycles. The van der Waals surface area contributed by atoms with Crippen molar-refractivity contribution >= 4 is 10.1 Å². The Labute approximate surface area is 182 Å². The minimum atomic E-state index is -3.86. The van der Waals surface area contributed by atoms with Gasteiger partial charge in [-0.05, 0) is 31.0 Å². The number of aryl methyl sites for hydroxylation is 2. The smallest absolute Gasteiger partial charge is 0.297 e. The van der Waals surface area contributed by atoms with Crippen LogP contribution >= 0.6 is 0 Å². The van der Waals surface area contributed by atoms with Crippen LogP contribution in [0.15, 0.2) is 78.2 Å². The number of hydrogen-bond acceptors (Lipinski definition) is 6. The van der Waals surface area contributed by atoms with Crippen LogP contribution in [0.25, 0.3) is 0 Å². The van der Waals surface area contributed by atoms with Crippen LogP contribution in [0.2, 0.25) is 0 Å². The van der Waals surface area contributed by atoms with Crippen LogP contribution < -0.4 is 0 Å². The van der Waals surface area contributed by atoms with E-state index < -0.39 is 22.0 Å². The van der Waals surface area contributed by atoms with Gasteiger partial charge in [-0.15, -0.1) is 0 Å². The van der Waals surface area contributed by atoms with Gasteiger partial charge in [-0.2, -0.15) is 8.42 Å². The van der Waals surface area contributed by atoms with Crippen molar-refractivity contribution < 1.29 is 22.1 Å². The third-order valence-electron chi connectivity index (χ3n) is 5.25. The number of ether oxygens (including phenoxy) is 2. The van der Waals surface area contributed by atoms with Crippen LogP contribution in [-0.4, -0.2) is 43.1 Å². The molecule has 8 heteroatoms. The van der Waals surface area contributed by atoms with E-state index in [1.54, 1.807) is 36.8 Å². The minimum absolute atomic E-state index is 0.104. The molecule has 1 fully saturated rings. The monoisotopic (exact) mass is 442 g/mol. The molecule has 0 radical (unpaired) electrons. The van der Waals surface area contributed by atoms with Crippen molar-refractivity contribution in [1.29, 1.82) is 0 Å². The molecule has 2 atom stereocenters. The summed E-state index contributed by atoms with van der Waals surface area (Å²) in [7, 11) is -3.86. The van der Waals surface area contributed by atoms with Crippen LogP contribution in [0.4, 0.5) is 0 Å². The first-order chi connectivity index (χ1) is 14.9. The molecule has 0 bridgehead atoms. The van der Waals surface area contributed by atoms with Crippen LogP contribution in [0.3, 0.4) is 0 Å². The van der Waals surface area contributed by atoms with E-state index in [1.165, 1.54) is 5.56 Å². The number of imidazole rings is 1. The molecule has 2 heterocycles. The first-order valence-electron chi connectivity index (χ1n) is 10.2. The minimum Gasteiger partial charge on any atom is -0.345 e. The summed E-state index contributed by atoms with van der Waals surface area (Å²) < 4.78 is 44.5. The van der Waals surface area contributed by atoms with Gasteiger partial charge in [-0.3, -0.25) is 4.18 Å². The molecule has 0 saturated carbocycles. The summed E-state index contributed by atoms with van der Waals surface area (Å²) in [6.45, 7) is 2.51. The highest BCUT2D eigenvalue weighted by molar-refractivity contribution is 7.86.